The Balaban J connectivity index is 1.85. The van der Waals surface area contributed by atoms with Gasteiger partial charge in [0.2, 0.25) is 11.0 Å². The van der Waals surface area contributed by atoms with Crippen molar-refractivity contribution in [2.45, 2.75) is 11.4 Å². The lowest BCUT2D eigenvalue weighted by Crippen LogP contribution is -2.17. The van der Waals surface area contributed by atoms with Crippen molar-refractivity contribution in [1.29, 1.82) is 0 Å². The van der Waals surface area contributed by atoms with Crippen LogP contribution in [-0.2, 0) is 0 Å². The lowest BCUT2D eigenvalue weighted by Gasteiger charge is -2.21. The fourth-order valence-corrected chi connectivity index (χ4v) is 3.89. The summed E-state index contributed by atoms with van der Waals surface area (Å²) in [7, 11) is 3.20. The molecule has 0 saturated carbocycles. The van der Waals surface area contributed by atoms with Gasteiger partial charge in [-0.1, -0.05) is 30.0 Å². The lowest BCUT2D eigenvalue weighted by molar-refractivity contribution is 0.224. The van der Waals surface area contributed by atoms with Crippen molar-refractivity contribution in [3.8, 4) is 28.6 Å². The maximum atomic E-state index is 6.24. The fourth-order valence-electron chi connectivity index (χ4n) is 2.97. The molecule has 9 heteroatoms. The predicted octanol–water partition coefficient (Wildman–Crippen LogP) is 4.54. The van der Waals surface area contributed by atoms with Gasteiger partial charge in [-0.2, -0.15) is 4.98 Å². The summed E-state index contributed by atoms with van der Waals surface area (Å²) in [6.07, 6.45) is 1.39. The Morgan fingerprint density at radius 2 is 1.96 bits per heavy atom. The molecule has 1 aliphatic heterocycles. The van der Waals surface area contributed by atoms with Crippen LogP contribution in [0.2, 0.25) is 0 Å². The molecule has 1 aliphatic rings. The number of aromatic nitrogens is 3. The molecule has 1 atom stereocenters. The van der Waals surface area contributed by atoms with E-state index in [1.165, 1.54) is 11.8 Å². The number of halogens is 1. The van der Waals surface area contributed by atoms with E-state index in [1.54, 1.807) is 14.2 Å². The van der Waals surface area contributed by atoms with E-state index in [0.717, 1.165) is 21.3 Å². The normalized spacial score (nSPS) is 14.8. The fraction of sp³-hybridized carbons (Fsp3) is 0.211. The third-order valence-corrected chi connectivity index (χ3v) is 5.40. The standard InChI is InChI=1S/C19H17BrN4O3S/c1-25-14-9-10(8-12(20)16(14)26-2)17-21-13-7-5-4-6-11(13)15-18(27-17)22-19(28-3)24-23-15/h4-9,17,21H,1-3H3/t17-/m0/s1. The van der Waals surface area contributed by atoms with Gasteiger partial charge in [-0.15, -0.1) is 10.2 Å². The maximum absolute atomic E-state index is 6.24. The van der Waals surface area contributed by atoms with E-state index >= 15 is 0 Å². The molecule has 7 nitrogen and oxygen atoms in total. The quantitative estimate of drug-likeness (QED) is 0.568. The van der Waals surface area contributed by atoms with Gasteiger partial charge < -0.3 is 19.5 Å². The number of benzene rings is 2. The first kappa shape index (κ1) is 18.8. The van der Waals surface area contributed by atoms with E-state index in [-0.39, 0.29) is 0 Å². The number of hydrogen-bond donors (Lipinski definition) is 1. The van der Waals surface area contributed by atoms with Crippen molar-refractivity contribution < 1.29 is 14.2 Å². The van der Waals surface area contributed by atoms with Crippen LogP contribution in [-0.4, -0.2) is 35.7 Å². The average Bonchev–Trinajstić information content (AvgIpc) is 2.89. The number of thioether (sulfide) groups is 1. The van der Waals surface area contributed by atoms with E-state index in [1.807, 2.05) is 42.7 Å². The van der Waals surface area contributed by atoms with Crippen LogP contribution < -0.4 is 19.5 Å². The Kier molecular flexibility index (Phi) is 5.27. The lowest BCUT2D eigenvalue weighted by atomic mass is 10.1. The first-order valence-electron chi connectivity index (χ1n) is 8.37. The summed E-state index contributed by atoms with van der Waals surface area (Å²) in [5.41, 5.74) is 3.21. The van der Waals surface area contributed by atoms with E-state index in [9.17, 15) is 0 Å². The Morgan fingerprint density at radius 1 is 1.14 bits per heavy atom. The second kappa shape index (κ2) is 7.84. The zero-order valence-corrected chi connectivity index (χ0v) is 17.8. The molecule has 2 heterocycles. The predicted molar refractivity (Wildman–Crippen MR) is 111 cm³/mol. The average molecular weight is 461 g/mol. The van der Waals surface area contributed by atoms with Crippen LogP contribution >= 0.6 is 27.7 Å². The Hall–Kier alpha value is -2.52. The van der Waals surface area contributed by atoms with Crippen LogP contribution in [0.3, 0.4) is 0 Å². The van der Waals surface area contributed by atoms with Crippen LogP contribution in [0.4, 0.5) is 5.69 Å². The number of rotatable bonds is 4. The van der Waals surface area contributed by atoms with E-state index < -0.39 is 6.23 Å². The summed E-state index contributed by atoms with van der Waals surface area (Å²) in [5, 5.41) is 12.5. The molecular weight excluding hydrogens is 444 g/mol. The van der Waals surface area contributed by atoms with Gasteiger partial charge in [0.05, 0.1) is 18.7 Å². The molecular formula is C19H17BrN4O3S. The summed E-state index contributed by atoms with van der Waals surface area (Å²) in [6, 6.07) is 11.6. The number of hydrogen-bond acceptors (Lipinski definition) is 8. The molecule has 28 heavy (non-hydrogen) atoms. The Bertz CT molecular complexity index is 1030. The van der Waals surface area contributed by atoms with E-state index in [2.05, 4.69) is 36.4 Å². The highest BCUT2D eigenvalue weighted by molar-refractivity contribution is 9.10. The smallest absolute Gasteiger partial charge is 0.247 e. The van der Waals surface area contributed by atoms with Crippen LogP contribution in [0.25, 0.3) is 11.3 Å². The molecule has 0 saturated heterocycles. The number of methoxy groups -OCH3 is 2. The van der Waals surface area contributed by atoms with Gasteiger partial charge in [0.15, 0.2) is 23.4 Å². The van der Waals surface area contributed by atoms with Crippen molar-refractivity contribution >= 4 is 33.4 Å². The van der Waals surface area contributed by atoms with Gasteiger partial charge in [-0.05, 0) is 40.4 Å². The SMILES string of the molecule is COc1cc([C@H]2Nc3ccccc3-c3nnc(SC)nc3O2)cc(Br)c1OC. The second-order valence-electron chi connectivity index (χ2n) is 5.88. The third kappa shape index (κ3) is 3.35. The number of ether oxygens (including phenoxy) is 3. The molecule has 0 fully saturated rings. The van der Waals surface area contributed by atoms with Crippen LogP contribution in [0.5, 0.6) is 17.4 Å². The molecule has 4 rings (SSSR count). The van der Waals surface area contributed by atoms with Gasteiger partial charge in [0.1, 0.15) is 0 Å². The summed E-state index contributed by atoms with van der Waals surface area (Å²) in [6.45, 7) is 0. The minimum Gasteiger partial charge on any atom is -0.493 e. The number of anilines is 1. The van der Waals surface area contributed by atoms with Gasteiger partial charge in [0.25, 0.3) is 0 Å². The molecule has 3 aromatic rings. The highest BCUT2D eigenvalue weighted by atomic mass is 79.9. The van der Waals surface area contributed by atoms with Crippen LogP contribution in [0, 0.1) is 0 Å². The highest BCUT2D eigenvalue weighted by Crippen LogP contribution is 2.42. The molecule has 0 radical (unpaired) electrons. The van der Waals surface area contributed by atoms with Crippen molar-refractivity contribution in [2.75, 3.05) is 25.8 Å². The Morgan fingerprint density at radius 3 is 2.71 bits per heavy atom. The van der Waals surface area contributed by atoms with Crippen LogP contribution in [0.1, 0.15) is 11.8 Å². The van der Waals surface area contributed by atoms with Crippen molar-refractivity contribution in [1.82, 2.24) is 15.2 Å². The molecule has 0 aliphatic carbocycles. The zero-order chi connectivity index (χ0) is 19.7. The minimum absolute atomic E-state index is 0.424. The molecule has 0 amide bonds. The molecule has 0 bridgehead atoms. The largest absolute Gasteiger partial charge is 0.493 e. The van der Waals surface area contributed by atoms with Crippen LogP contribution in [0.15, 0.2) is 46.0 Å². The number of para-hydroxylation sites is 1. The van der Waals surface area contributed by atoms with Gasteiger partial charge in [-0.3, -0.25) is 0 Å². The molecule has 144 valence electrons. The summed E-state index contributed by atoms with van der Waals surface area (Å²) < 4.78 is 17.9. The highest BCUT2D eigenvalue weighted by Gasteiger charge is 2.27. The van der Waals surface area contributed by atoms with Crippen molar-refractivity contribution in [3.05, 3.63) is 46.4 Å². The van der Waals surface area contributed by atoms with E-state index in [4.69, 9.17) is 14.2 Å². The number of fused-ring (bicyclic) bond motifs is 3. The van der Waals surface area contributed by atoms with Crippen molar-refractivity contribution in [2.24, 2.45) is 0 Å². The topological polar surface area (TPSA) is 78.4 Å². The summed E-state index contributed by atoms with van der Waals surface area (Å²) in [5.74, 6) is 1.64. The minimum atomic E-state index is -0.509. The van der Waals surface area contributed by atoms with Gasteiger partial charge >= 0.3 is 0 Å². The van der Waals surface area contributed by atoms with Crippen molar-refractivity contribution in [3.63, 3.8) is 0 Å². The van der Waals surface area contributed by atoms with Gasteiger partial charge in [-0.25, -0.2) is 0 Å². The zero-order valence-electron chi connectivity index (χ0n) is 15.4. The molecule has 0 unspecified atom stereocenters. The Labute approximate surface area is 175 Å². The molecule has 1 N–H and O–H groups in total. The molecule has 2 aromatic carbocycles. The van der Waals surface area contributed by atoms with E-state index in [0.29, 0.717) is 28.2 Å². The first-order chi connectivity index (χ1) is 13.6. The molecule has 1 aromatic heterocycles. The third-order valence-electron chi connectivity index (χ3n) is 4.27. The monoisotopic (exact) mass is 460 g/mol. The summed E-state index contributed by atoms with van der Waals surface area (Å²) >= 11 is 4.95. The first-order valence-corrected chi connectivity index (χ1v) is 10.4. The molecule has 0 spiro atoms. The van der Waals surface area contributed by atoms with Gasteiger partial charge in [0, 0.05) is 16.8 Å². The second-order valence-corrected chi connectivity index (χ2v) is 7.51. The summed E-state index contributed by atoms with van der Waals surface area (Å²) in [4.78, 5) is 4.52. The number of nitrogens with zero attached hydrogens (tertiary/aromatic N) is 3. The maximum Gasteiger partial charge on any atom is 0.247 e. The number of nitrogens with one attached hydrogen (secondary N) is 1.